The molecule has 0 bridgehead atoms. The fourth-order valence-electron chi connectivity index (χ4n) is 2.21. The van der Waals surface area contributed by atoms with Crippen LogP contribution >= 0.6 is 11.6 Å². The lowest BCUT2D eigenvalue weighted by molar-refractivity contribution is 0.352. The Labute approximate surface area is 99.4 Å². The van der Waals surface area contributed by atoms with Crippen molar-refractivity contribution in [2.24, 2.45) is 0 Å². The van der Waals surface area contributed by atoms with Gasteiger partial charge in [0.1, 0.15) is 0 Å². The minimum absolute atomic E-state index is 0.152. The highest BCUT2D eigenvalue weighted by Gasteiger charge is 2.31. The second kappa shape index (κ2) is 4.87. The van der Waals surface area contributed by atoms with Crippen LogP contribution in [-0.2, 0) is 0 Å². The van der Waals surface area contributed by atoms with Gasteiger partial charge in [0.15, 0.2) is 5.82 Å². The minimum atomic E-state index is -0.183. The van der Waals surface area contributed by atoms with Crippen LogP contribution in [0, 0.1) is 0 Å². The van der Waals surface area contributed by atoms with Crippen LogP contribution in [0.4, 0.5) is 5.82 Å². The quantitative estimate of drug-likeness (QED) is 0.797. The Bertz CT molecular complexity index is 398. The van der Waals surface area contributed by atoms with E-state index in [-0.39, 0.29) is 11.1 Å². The van der Waals surface area contributed by atoms with E-state index in [2.05, 4.69) is 15.3 Å². The first-order valence-electron chi connectivity index (χ1n) is 5.64. The Kier molecular flexibility index (Phi) is 3.49. The zero-order valence-electron chi connectivity index (χ0n) is 9.13. The molecule has 1 aromatic heterocycles. The normalized spacial score (nSPS) is 19.3. The first kappa shape index (κ1) is 11.5. The molecule has 1 fully saturated rings. The third kappa shape index (κ3) is 2.38. The van der Waals surface area contributed by atoms with Crippen LogP contribution in [0.2, 0.25) is 0 Å². The Morgan fingerprint density at radius 2 is 2.19 bits per heavy atom. The van der Waals surface area contributed by atoms with Gasteiger partial charge in [0.25, 0.3) is 5.56 Å². The first-order chi connectivity index (χ1) is 7.76. The summed E-state index contributed by atoms with van der Waals surface area (Å²) in [6.07, 6.45) is 8.68. The molecular weight excluding hydrogens is 226 g/mol. The monoisotopic (exact) mass is 241 g/mol. The SMILES string of the molecule is O=c1[nH]ccnc1NC1(CCl)CCCCC1. The molecule has 2 rings (SSSR count). The molecule has 5 heteroatoms. The number of aromatic amines is 1. The van der Waals surface area contributed by atoms with Crippen LogP contribution in [0.3, 0.4) is 0 Å². The van der Waals surface area contributed by atoms with E-state index in [1.807, 2.05) is 0 Å². The van der Waals surface area contributed by atoms with Gasteiger partial charge < -0.3 is 10.3 Å². The molecule has 0 aliphatic heterocycles. The highest BCUT2D eigenvalue weighted by atomic mass is 35.5. The zero-order valence-corrected chi connectivity index (χ0v) is 9.89. The van der Waals surface area contributed by atoms with Gasteiger partial charge in [-0.3, -0.25) is 4.79 Å². The van der Waals surface area contributed by atoms with Gasteiger partial charge >= 0.3 is 0 Å². The molecule has 1 saturated carbocycles. The van der Waals surface area contributed by atoms with Crippen molar-refractivity contribution in [1.82, 2.24) is 9.97 Å². The summed E-state index contributed by atoms with van der Waals surface area (Å²) in [5.74, 6) is 0.897. The molecule has 16 heavy (non-hydrogen) atoms. The van der Waals surface area contributed by atoms with Gasteiger partial charge in [-0.2, -0.15) is 0 Å². The summed E-state index contributed by atoms with van der Waals surface area (Å²) in [6.45, 7) is 0. The summed E-state index contributed by atoms with van der Waals surface area (Å²) >= 11 is 6.04. The molecule has 1 heterocycles. The number of nitrogens with one attached hydrogen (secondary N) is 2. The number of aromatic nitrogens is 2. The maximum Gasteiger partial charge on any atom is 0.290 e. The molecule has 4 nitrogen and oxygen atoms in total. The van der Waals surface area contributed by atoms with E-state index in [9.17, 15) is 4.79 Å². The van der Waals surface area contributed by atoms with Crippen LogP contribution in [0.1, 0.15) is 32.1 Å². The second-order valence-corrected chi connectivity index (χ2v) is 4.63. The zero-order chi connectivity index (χ0) is 11.4. The fourth-order valence-corrected chi connectivity index (χ4v) is 2.55. The minimum Gasteiger partial charge on any atom is -0.359 e. The molecule has 88 valence electrons. The molecule has 1 aromatic rings. The molecule has 0 spiro atoms. The predicted molar refractivity (Wildman–Crippen MR) is 65.0 cm³/mol. The van der Waals surface area contributed by atoms with Crippen molar-refractivity contribution in [2.45, 2.75) is 37.6 Å². The first-order valence-corrected chi connectivity index (χ1v) is 6.17. The van der Waals surface area contributed by atoms with Gasteiger partial charge in [-0.15, -0.1) is 11.6 Å². The second-order valence-electron chi connectivity index (χ2n) is 4.37. The van der Waals surface area contributed by atoms with Gasteiger partial charge in [0, 0.05) is 18.3 Å². The molecule has 0 radical (unpaired) electrons. The van der Waals surface area contributed by atoms with Gasteiger partial charge in [-0.25, -0.2) is 4.98 Å². The number of halogens is 1. The van der Waals surface area contributed by atoms with Gasteiger partial charge in [0.2, 0.25) is 0 Å². The van der Waals surface area contributed by atoms with Crippen molar-refractivity contribution in [3.63, 3.8) is 0 Å². The molecule has 2 N–H and O–H groups in total. The average molecular weight is 242 g/mol. The van der Waals surface area contributed by atoms with Gasteiger partial charge in [0.05, 0.1) is 5.54 Å². The van der Waals surface area contributed by atoms with E-state index in [0.29, 0.717) is 11.7 Å². The number of alkyl halides is 1. The molecule has 0 unspecified atom stereocenters. The number of rotatable bonds is 3. The summed E-state index contributed by atoms with van der Waals surface area (Å²) < 4.78 is 0. The summed E-state index contributed by atoms with van der Waals surface area (Å²) in [6, 6.07) is 0. The fraction of sp³-hybridized carbons (Fsp3) is 0.636. The lowest BCUT2D eigenvalue weighted by Gasteiger charge is -2.36. The molecule has 0 aromatic carbocycles. The van der Waals surface area contributed by atoms with Gasteiger partial charge in [-0.05, 0) is 12.8 Å². The number of H-pyrrole nitrogens is 1. The van der Waals surface area contributed by atoms with E-state index < -0.39 is 0 Å². The van der Waals surface area contributed by atoms with Crippen molar-refractivity contribution in [2.75, 3.05) is 11.2 Å². The van der Waals surface area contributed by atoms with Crippen LogP contribution in [0.25, 0.3) is 0 Å². The summed E-state index contributed by atoms with van der Waals surface area (Å²) in [5, 5.41) is 3.23. The van der Waals surface area contributed by atoms with E-state index in [4.69, 9.17) is 11.6 Å². The van der Waals surface area contributed by atoms with E-state index in [1.165, 1.54) is 12.6 Å². The summed E-state index contributed by atoms with van der Waals surface area (Å²) in [5.41, 5.74) is -0.334. The molecular formula is C11H16ClN3O. The molecule has 1 aliphatic carbocycles. The number of anilines is 1. The summed E-state index contributed by atoms with van der Waals surface area (Å²) in [7, 11) is 0. The number of hydrogen-bond acceptors (Lipinski definition) is 3. The van der Waals surface area contributed by atoms with E-state index >= 15 is 0 Å². The van der Waals surface area contributed by atoms with Crippen LogP contribution in [0.15, 0.2) is 17.2 Å². The van der Waals surface area contributed by atoms with Crippen molar-refractivity contribution >= 4 is 17.4 Å². The Morgan fingerprint density at radius 3 is 2.81 bits per heavy atom. The largest absolute Gasteiger partial charge is 0.359 e. The van der Waals surface area contributed by atoms with Crippen molar-refractivity contribution in [1.29, 1.82) is 0 Å². The third-order valence-corrected chi connectivity index (χ3v) is 3.67. The summed E-state index contributed by atoms with van der Waals surface area (Å²) in [4.78, 5) is 18.2. The smallest absolute Gasteiger partial charge is 0.290 e. The molecule has 0 atom stereocenters. The highest BCUT2D eigenvalue weighted by molar-refractivity contribution is 6.18. The van der Waals surface area contributed by atoms with Crippen molar-refractivity contribution < 1.29 is 0 Å². The third-order valence-electron chi connectivity index (χ3n) is 3.16. The maximum absolute atomic E-state index is 11.5. The lowest BCUT2D eigenvalue weighted by Crippen LogP contribution is -2.44. The molecule has 1 aliphatic rings. The Balaban J connectivity index is 2.18. The standard InChI is InChI=1S/C11H16ClN3O/c12-8-11(4-2-1-3-5-11)15-9-10(16)14-7-6-13-9/h6-7H,1-5,8H2,(H,13,15)(H,14,16). The van der Waals surface area contributed by atoms with Crippen molar-refractivity contribution in [3.8, 4) is 0 Å². The number of nitrogens with zero attached hydrogens (tertiary/aromatic N) is 1. The van der Waals surface area contributed by atoms with E-state index in [0.717, 1.165) is 25.7 Å². The van der Waals surface area contributed by atoms with E-state index in [1.54, 1.807) is 6.20 Å². The molecule has 0 amide bonds. The van der Waals surface area contributed by atoms with Crippen LogP contribution in [-0.4, -0.2) is 21.4 Å². The predicted octanol–water partition coefficient (Wildman–Crippen LogP) is 2.12. The highest BCUT2D eigenvalue weighted by Crippen LogP contribution is 2.31. The van der Waals surface area contributed by atoms with Crippen LogP contribution < -0.4 is 10.9 Å². The topological polar surface area (TPSA) is 57.8 Å². The van der Waals surface area contributed by atoms with Gasteiger partial charge in [-0.1, -0.05) is 19.3 Å². The molecule has 0 saturated heterocycles. The van der Waals surface area contributed by atoms with Crippen LogP contribution in [0.5, 0.6) is 0 Å². The lowest BCUT2D eigenvalue weighted by atomic mass is 9.83. The Hall–Kier alpha value is -1.03. The van der Waals surface area contributed by atoms with Crippen molar-refractivity contribution in [3.05, 3.63) is 22.7 Å². The Morgan fingerprint density at radius 1 is 1.44 bits per heavy atom. The number of hydrogen-bond donors (Lipinski definition) is 2. The average Bonchev–Trinajstić information content (AvgIpc) is 2.33. The maximum atomic E-state index is 11.5.